The van der Waals surface area contributed by atoms with Crippen molar-refractivity contribution in [2.75, 3.05) is 27.2 Å². The van der Waals surface area contributed by atoms with Crippen LogP contribution in [0.1, 0.15) is 31.7 Å². The van der Waals surface area contributed by atoms with Crippen LogP contribution >= 0.6 is 11.3 Å². The summed E-state index contributed by atoms with van der Waals surface area (Å²) in [7, 11) is 0.649. The highest BCUT2D eigenvalue weighted by atomic mass is 32.2. The molecule has 0 bridgehead atoms. The van der Waals surface area contributed by atoms with Gasteiger partial charge in [0.25, 0.3) is 0 Å². The van der Waals surface area contributed by atoms with E-state index in [1.54, 1.807) is 6.07 Å². The first-order valence-corrected chi connectivity index (χ1v) is 9.71. The van der Waals surface area contributed by atoms with Gasteiger partial charge in [0.15, 0.2) is 0 Å². The van der Waals surface area contributed by atoms with Gasteiger partial charge in [0.2, 0.25) is 10.0 Å². The summed E-state index contributed by atoms with van der Waals surface area (Å²) in [4.78, 5) is 2.14. The van der Waals surface area contributed by atoms with Gasteiger partial charge >= 0.3 is 0 Å². The lowest BCUT2D eigenvalue weighted by atomic mass is 9.76. The maximum Gasteiger partial charge on any atom is 0.250 e. The standard InChI is InChI=1S/C14H25N3O2S2/c1-4-15-9-12-8-13(20-10-12)21(18,19)16-11-14(17(2)3)6-5-7-14/h8,10,15-16H,4-7,9,11H2,1-3H3. The van der Waals surface area contributed by atoms with Gasteiger partial charge in [-0.05, 0) is 56.9 Å². The van der Waals surface area contributed by atoms with Gasteiger partial charge in [-0.2, -0.15) is 0 Å². The molecular formula is C14H25N3O2S2. The lowest BCUT2D eigenvalue weighted by Gasteiger charge is -2.47. The summed E-state index contributed by atoms with van der Waals surface area (Å²) in [6.07, 6.45) is 3.28. The van der Waals surface area contributed by atoms with Crippen molar-refractivity contribution in [3.05, 3.63) is 17.0 Å². The zero-order valence-corrected chi connectivity index (χ0v) is 14.6. The summed E-state index contributed by atoms with van der Waals surface area (Å²) in [5.41, 5.74) is 1.02. The Morgan fingerprint density at radius 1 is 1.38 bits per heavy atom. The molecule has 0 aliphatic heterocycles. The van der Waals surface area contributed by atoms with Crippen molar-refractivity contribution in [1.82, 2.24) is 14.9 Å². The number of nitrogens with one attached hydrogen (secondary N) is 2. The van der Waals surface area contributed by atoms with Crippen LogP contribution in [-0.4, -0.2) is 46.0 Å². The molecule has 2 N–H and O–H groups in total. The van der Waals surface area contributed by atoms with E-state index in [9.17, 15) is 8.42 Å². The molecule has 2 rings (SSSR count). The van der Waals surface area contributed by atoms with Crippen molar-refractivity contribution in [2.24, 2.45) is 0 Å². The van der Waals surface area contributed by atoms with Crippen LogP contribution in [0.15, 0.2) is 15.7 Å². The summed E-state index contributed by atoms with van der Waals surface area (Å²) >= 11 is 1.29. The van der Waals surface area contributed by atoms with Crippen molar-refractivity contribution < 1.29 is 8.42 Å². The minimum Gasteiger partial charge on any atom is -0.313 e. The Kier molecular flexibility index (Phi) is 5.43. The van der Waals surface area contributed by atoms with E-state index in [4.69, 9.17) is 0 Å². The zero-order chi connectivity index (χ0) is 15.5. The minimum atomic E-state index is -3.39. The van der Waals surface area contributed by atoms with Gasteiger partial charge in [-0.1, -0.05) is 6.92 Å². The van der Waals surface area contributed by atoms with E-state index in [1.165, 1.54) is 17.8 Å². The molecular weight excluding hydrogens is 306 g/mol. The molecule has 5 nitrogen and oxygen atoms in total. The first-order valence-electron chi connectivity index (χ1n) is 7.35. The second-order valence-electron chi connectivity index (χ2n) is 5.85. The average Bonchev–Trinajstić information content (AvgIpc) is 2.84. The molecule has 0 amide bonds. The van der Waals surface area contributed by atoms with E-state index in [0.29, 0.717) is 17.3 Å². The molecule has 21 heavy (non-hydrogen) atoms. The molecule has 0 aromatic carbocycles. The van der Waals surface area contributed by atoms with E-state index in [2.05, 4.69) is 14.9 Å². The number of likely N-dealkylation sites (N-methyl/N-ethyl adjacent to an activating group) is 1. The predicted octanol–water partition coefficient (Wildman–Crippen LogP) is 1.62. The summed E-state index contributed by atoms with van der Waals surface area (Å²) < 4.78 is 28.0. The number of nitrogens with zero attached hydrogens (tertiary/aromatic N) is 1. The van der Waals surface area contributed by atoms with Gasteiger partial charge in [0, 0.05) is 18.6 Å². The van der Waals surface area contributed by atoms with E-state index >= 15 is 0 Å². The Bertz CT molecular complexity index is 563. The Balaban J connectivity index is 2.00. The Morgan fingerprint density at radius 3 is 2.62 bits per heavy atom. The van der Waals surface area contributed by atoms with Gasteiger partial charge in [-0.25, -0.2) is 13.1 Å². The fraction of sp³-hybridized carbons (Fsp3) is 0.714. The van der Waals surface area contributed by atoms with Gasteiger partial charge in [-0.3, -0.25) is 0 Å². The van der Waals surface area contributed by atoms with E-state index in [1.807, 2.05) is 26.4 Å². The fourth-order valence-electron chi connectivity index (χ4n) is 2.52. The highest BCUT2D eigenvalue weighted by molar-refractivity contribution is 7.91. The van der Waals surface area contributed by atoms with Crippen LogP contribution in [-0.2, 0) is 16.6 Å². The van der Waals surface area contributed by atoms with E-state index in [-0.39, 0.29) is 5.54 Å². The van der Waals surface area contributed by atoms with E-state index < -0.39 is 10.0 Å². The van der Waals surface area contributed by atoms with Crippen LogP contribution in [0.4, 0.5) is 0 Å². The quantitative estimate of drug-likeness (QED) is 0.760. The third kappa shape index (κ3) is 3.84. The van der Waals surface area contributed by atoms with Gasteiger partial charge in [0.1, 0.15) is 4.21 Å². The molecule has 1 saturated carbocycles. The third-order valence-corrected chi connectivity index (χ3v) is 7.19. The Labute approximate surface area is 131 Å². The second kappa shape index (κ2) is 6.75. The highest BCUT2D eigenvalue weighted by Crippen LogP contribution is 2.35. The van der Waals surface area contributed by atoms with Crippen LogP contribution in [0, 0.1) is 0 Å². The van der Waals surface area contributed by atoms with Crippen molar-refractivity contribution in [1.29, 1.82) is 0 Å². The SMILES string of the molecule is CCNCc1csc(S(=O)(=O)NCC2(N(C)C)CCC2)c1. The molecule has 1 fully saturated rings. The molecule has 0 radical (unpaired) electrons. The third-order valence-electron chi connectivity index (χ3n) is 4.30. The van der Waals surface area contributed by atoms with Crippen molar-refractivity contribution in [3.63, 3.8) is 0 Å². The van der Waals surface area contributed by atoms with Crippen LogP contribution in [0.5, 0.6) is 0 Å². The first-order chi connectivity index (χ1) is 9.89. The fourth-order valence-corrected chi connectivity index (χ4v) is 4.90. The minimum absolute atomic E-state index is 0.00305. The van der Waals surface area contributed by atoms with Gasteiger partial charge < -0.3 is 10.2 Å². The molecule has 1 aliphatic rings. The largest absolute Gasteiger partial charge is 0.313 e. The molecule has 0 unspecified atom stereocenters. The smallest absolute Gasteiger partial charge is 0.250 e. The van der Waals surface area contributed by atoms with E-state index in [0.717, 1.165) is 24.9 Å². The molecule has 0 saturated heterocycles. The highest BCUT2D eigenvalue weighted by Gasteiger charge is 2.39. The molecule has 1 aromatic rings. The maximum absolute atomic E-state index is 12.4. The molecule has 120 valence electrons. The number of rotatable bonds is 8. The van der Waals surface area contributed by atoms with Gasteiger partial charge in [0.05, 0.1) is 0 Å². The molecule has 0 atom stereocenters. The monoisotopic (exact) mass is 331 g/mol. The van der Waals surface area contributed by atoms with Crippen LogP contribution in [0.2, 0.25) is 0 Å². The van der Waals surface area contributed by atoms with Crippen LogP contribution < -0.4 is 10.0 Å². The van der Waals surface area contributed by atoms with Crippen molar-refractivity contribution in [2.45, 2.75) is 42.5 Å². The van der Waals surface area contributed by atoms with Crippen LogP contribution in [0.25, 0.3) is 0 Å². The number of hydrogen-bond donors (Lipinski definition) is 2. The average molecular weight is 332 g/mol. The predicted molar refractivity (Wildman–Crippen MR) is 87.2 cm³/mol. The molecule has 0 spiro atoms. The summed E-state index contributed by atoms with van der Waals surface area (Å²) in [6.45, 7) is 4.11. The topological polar surface area (TPSA) is 61.4 Å². The number of hydrogen-bond acceptors (Lipinski definition) is 5. The summed E-state index contributed by atoms with van der Waals surface area (Å²) in [5.74, 6) is 0. The molecule has 1 aromatic heterocycles. The summed E-state index contributed by atoms with van der Waals surface area (Å²) in [5, 5.41) is 5.11. The number of sulfonamides is 1. The second-order valence-corrected chi connectivity index (χ2v) is 8.76. The summed E-state index contributed by atoms with van der Waals surface area (Å²) in [6, 6.07) is 1.76. The lowest BCUT2D eigenvalue weighted by molar-refractivity contribution is 0.0657. The lowest BCUT2D eigenvalue weighted by Crippen LogP contribution is -2.57. The Hall–Kier alpha value is -0.470. The zero-order valence-electron chi connectivity index (χ0n) is 13.0. The molecule has 7 heteroatoms. The normalized spacial score (nSPS) is 17.9. The molecule has 1 aliphatic carbocycles. The number of thiophene rings is 1. The Morgan fingerprint density at radius 2 is 2.10 bits per heavy atom. The van der Waals surface area contributed by atoms with Crippen LogP contribution in [0.3, 0.4) is 0 Å². The molecule has 1 heterocycles. The van der Waals surface area contributed by atoms with Crippen molar-refractivity contribution in [3.8, 4) is 0 Å². The maximum atomic E-state index is 12.4. The van der Waals surface area contributed by atoms with Gasteiger partial charge in [-0.15, -0.1) is 11.3 Å². The first kappa shape index (κ1) is 16.9. The van der Waals surface area contributed by atoms with Crippen molar-refractivity contribution >= 4 is 21.4 Å².